The minimum atomic E-state index is 0.450. The zero-order valence-electron chi connectivity index (χ0n) is 7.82. The molecule has 0 spiro atoms. The van der Waals surface area contributed by atoms with Crippen molar-refractivity contribution in [1.82, 2.24) is 4.98 Å². The summed E-state index contributed by atoms with van der Waals surface area (Å²) >= 11 is 0. The van der Waals surface area contributed by atoms with Crippen molar-refractivity contribution in [1.29, 1.82) is 0 Å². The summed E-state index contributed by atoms with van der Waals surface area (Å²) < 4.78 is 0. The highest BCUT2D eigenvalue weighted by atomic mass is 16.1. The Morgan fingerprint density at radius 1 is 1.36 bits per heavy atom. The Kier molecular flexibility index (Phi) is 2.14. The van der Waals surface area contributed by atoms with E-state index >= 15 is 0 Å². The van der Waals surface area contributed by atoms with Crippen LogP contribution in [-0.2, 0) is 0 Å². The van der Waals surface area contributed by atoms with Gasteiger partial charge in [0, 0.05) is 12.4 Å². The van der Waals surface area contributed by atoms with E-state index < -0.39 is 0 Å². The second-order valence-corrected chi connectivity index (χ2v) is 2.98. The molecule has 0 saturated heterocycles. The lowest BCUT2D eigenvalue weighted by molar-refractivity contribution is 0.112. The molecular weight excluding hydrogens is 176 g/mol. The lowest BCUT2D eigenvalue weighted by Gasteiger charge is -2.04. The molecule has 1 heterocycles. The SMILES string of the molecule is CNc1cc2ccccc2nc1C=O. The van der Waals surface area contributed by atoms with Crippen LogP contribution in [-0.4, -0.2) is 18.3 Å². The normalized spacial score (nSPS) is 10.1. The van der Waals surface area contributed by atoms with E-state index in [0.29, 0.717) is 5.69 Å². The van der Waals surface area contributed by atoms with E-state index in [9.17, 15) is 4.79 Å². The highest BCUT2D eigenvalue weighted by molar-refractivity contribution is 5.90. The predicted octanol–water partition coefficient (Wildman–Crippen LogP) is 2.09. The number of aromatic nitrogens is 1. The first-order valence-electron chi connectivity index (χ1n) is 4.38. The van der Waals surface area contributed by atoms with E-state index in [-0.39, 0.29) is 0 Å². The molecule has 0 bridgehead atoms. The second-order valence-electron chi connectivity index (χ2n) is 2.98. The average molecular weight is 186 g/mol. The smallest absolute Gasteiger partial charge is 0.170 e. The third kappa shape index (κ3) is 1.33. The zero-order chi connectivity index (χ0) is 9.97. The molecule has 0 atom stereocenters. The molecule has 1 N–H and O–H groups in total. The average Bonchev–Trinajstić information content (AvgIpc) is 2.27. The lowest BCUT2D eigenvalue weighted by atomic mass is 10.2. The van der Waals surface area contributed by atoms with Crippen LogP contribution in [0.3, 0.4) is 0 Å². The Morgan fingerprint density at radius 2 is 2.14 bits per heavy atom. The first kappa shape index (κ1) is 8.69. The van der Waals surface area contributed by atoms with Crippen molar-refractivity contribution in [2.24, 2.45) is 0 Å². The molecule has 0 unspecified atom stereocenters. The number of anilines is 1. The van der Waals surface area contributed by atoms with Gasteiger partial charge in [0.05, 0.1) is 11.2 Å². The standard InChI is InChI=1S/C11H10N2O/c1-12-10-6-8-4-2-3-5-9(8)13-11(10)7-14/h2-7,12H,1H3. The van der Waals surface area contributed by atoms with Gasteiger partial charge in [0.15, 0.2) is 6.29 Å². The number of fused-ring (bicyclic) bond motifs is 1. The molecule has 0 radical (unpaired) electrons. The molecule has 3 nitrogen and oxygen atoms in total. The molecule has 0 aliphatic heterocycles. The van der Waals surface area contributed by atoms with Crippen LogP contribution in [0.5, 0.6) is 0 Å². The molecule has 3 heteroatoms. The summed E-state index contributed by atoms with van der Waals surface area (Å²) in [5.74, 6) is 0. The van der Waals surface area contributed by atoms with E-state index in [0.717, 1.165) is 22.9 Å². The van der Waals surface area contributed by atoms with Gasteiger partial charge in [0.2, 0.25) is 0 Å². The molecule has 0 amide bonds. The Morgan fingerprint density at radius 3 is 2.86 bits per heavy atom. The van der Waals surface area contributed by atoms with Crippen molar-refractivity contribution in [3.8, 4) is 0 Å². The molecule has 1 aromatic carbocycles. The summed E-state index contributed by atoms with van der Waals surface area (Å²) in [5, 5.41) is 3.97. The molecule has 0 aliphatic carbocycles. The Balaban J connectivity index is 2.75. The Hall–Kier alpha value is -1.90. The van der Waals surface area contributed by atoms with Crippen LogP contribution in [0, 0.1) is 0 Å². The van der Waals surface area contributed by atoms with Crippen LogP contribution < -0.4 is 5.32 Å². The number of pyridine rings is 1. The van der Waals surface area contributed by atoms with Crippen LogP contribution in [0.4, 0.5) is 5.69 Å². The quantitative estimate of drug-likeness (QED) is 0.730. The summed E-state index contributed by atoms with van der Waals surface area (Å²) in [7, 11) is 1.78. The lowest BCUT2D eigenvalue weighted by Crippen LogP contribution is -1.97. The van der Waals surface area contributed by atoms with Crippen LogP contribution >= 0.6 is 0 Å². The monoisotopic (exact) mass is 186 g/mol. The Labute approximate surface area is 81.8 Å². The molecule has 1 aromatic heterocycles. The fourth-order valence-corrected chi connectivity index (χ4v) is 1.42. The maximum atomic E-state index is 10.7. The number of aldehydes is 1. The van der Waals surface area contributed by atoms with E-state index in [1.165, 1.54) is 0 Å². The van der Waals surface area contributed by atoms with Crippen molar-refractivity contribution in [3.63, 3.8) is 0 Å². The van der Waals surface area contributed by atoms with Gasteiger partial charge in [-0.05, 0) is 12.1 Å². The molecule has 0 aliphatic rings. The van der Waals surface area contributed by atoms with Gasteiger partial charge < -0.3 is 5.32 Å². The number of benzene rings is 1. The third-order valence-corrected chi connectivity index (χ3v) is 2.13. The number of hydrogen-bond acceptors (Lipinski definition) is 3. The summed E-state index contributed by atoms with van der Waals surface area (Å²) in [6, 6.07) is 9.64. The molecule has 0 saturated carbocycles. The summed E-state index contributed by atoms with van der Waals surface area (Å²) in [6.45, 7) is 0. The minimum absolute atomic E-state index is 0.450. The van der Waals surface area contributed by atoms with Crippen molar-refractivity contribution in [2.45, 2.75) is 0 Å². The predicted molar refractivity (Wildman–Crippen MR) is 56.7 cm³/mol. The van der Waals surface area contributed by atoms with E-state index in [1.807, 2.05) is 30.3 Å². The highest BCUT2D eigenvalue weighted by Gasteiger charge is 2.03. The number of para-hydroxylation sites is 1. The number of nitrogens with zero attached hydrogens (tertiary/aromatic N) is 1. The molecule has 2 rings (SSSR count). The van der Waals surface area contributed by atoms with Crippen molar-refractivity contribution < 1.29 is 4.79 Å². The van der Waals surface area contributed by atoms with Gasteiger partial charge in [-0.2, -0.15) is 0 Å². The topological polar surface area (TPSA) is 42.0 Å². The Bertz CT molecular complexity index is 480. The van der Waals surface area contributed by atoms with Gasteiger partial charge in [0.25, 0.3) is 0 Å². The molecule has 2 aromatic rings. The van der Waals surface area contributed by atoms with Gasteiger partial charge in [0.1, 0.15) is 5.69 Å². The molecule has 0 fully saturated rings. The van der Waals surface area contributed by atoms with Gasteiger partial charge in [-0.25, -0.2) is 4.98 Å². The number of hydrogen-bond donors (Lipinski definition) is 1. The third-order valence-electron chi connectivity index (χ3n) is 2.13. The molecular formula is C11H10N2O. The maximum Gasteiger partial charge on any atom is 0.170 e. The van der Waals surface area contributed by atoms with Gasteiger partial charge >= 0.3 is 0 Å². The van der Waals surface area contributed by atoms with E-state index in [2.05, 4.69) is 10.3 Å². The molecule has 14 heavy (non-hydrogen) atoms. The maximum absolute atomic E-state index is 10.7. The highest BCUT2D eigenvalue weighted by Crippen LogP contribution is 2.18. The van der Waals surface area contributed by atoms with Crippen LogP contribution in [0.15, 0.2) is 30.3 Å². The van der Waals surface area contributed by atoms with Gasteiger partial charge in [-0.1, -0.05) is 18.2 Å². The zero-order valence-corrected chi connectivity index (χ0v) is 7.82. The van der Waals surface area contributed by atoms with Crippen molar-refractivity contribution in [2.75, 3.05) is 12.4 Å². The first-order valence-corrected chi connectivity index (χ1v) is 4.38. The van der Waals surface area contributed by atoms with E-state index in [4.69, 9.17) is 0 Å². The number of rotatable bonds is 2. The second kappa shape index (κ2) is 3.46. The summed E-state index contributed by atoms with van der Waals surface area (Å²) in [4.78, 5) is 15.0. The van der Waals surface area contributed by atoms with Crippen molar-refractivity contribution in [3.05, 3.63) is 36.0 Å². The van der Waals surface area contributed by atoms with Crippen LogP contribution in [0.25, 0.3) is 10.9 Å². The first-order chi connectivity index (χ1) is 6.85. The summed E-state index contributed by atoms with van der Waals surface area (Å²) in [5.41, 5.74) is 2.05. The van der Waals surface area contributed by atoms with Crippen LogP contribution in [0.2, 0.25) is 0 Å². The number of carbonyl (C=O) groups is 1. The number of nitrogens with one attached hydrogen (secondary N) is 1. The fourth-order valence-electron chi connectivity index (χ4n) is 1.42. The van der Waals surface area contributed by atoms with Crippen LogP contribution in [0.1, 0.15) is 10.5 Å². The largest absolute Gasteiger partial charge is 0.386 e. The number of carbonyl (C=O) groups excluding carboxylic acids is 1. The molecule has 70 valence electrons. The van der Waals surface area contributed by atoms with E-state index in [1.54, 1.807) is 7.05 Å². The van der Waals surface area contributed by atoms with Crippen molar-refractivity contribution >= 4 is 22.9 Å². The fraction of sp³-hybridized carbons (Fsp3) is 0.0909. The van der Waals surface area contributed by atoms with Gasteiger partial charge in [-0.15, -0.1) is 0 Å². The summed E-state index contributed by atoms with van der Waals surface area (Å²) in [6.07, 6.45) is 0.762. The minimum Gasteiger partial charge on any atom is -0.386 e. The van der Waals surface area contributed by atoms with Gasteiger partial charge in [-0.3, -0.25) is 4.79 Å².